The molecule has 0 amide bonds. The van der Waals surface area contributed by atoms with E-state index >= 15 is 0 Å². The van der Waals surface area contributed by atoms with Crippen LogP contribution in [-0.4, -0.2) is 17.0 Å². The van der Waals surface area contributed by atoms with E-state index in [2.05, 4.69) is 46.7 Å². The second kappa shape index (κ2) is 8.85. The molecule has 0 spiro atoms. The zero-order chi connectivity index (χ0) is 14.9. The summed E-state index contributed by atoms with van der Waals surface area (Å²) in [5, 5.41) is 7.07. The molecule has 5 heteroatoms. The molecule has 0 unspecified atom stereocenters. The smallest absolute Gasteiger partial charge is 0.203 e. The summed E-state index contributed by atoms with van der Waals surface area (Å²) in [5.41, 5.74) is 5.09. The lowest BCUT2D eigenvalue weighted by Crippen LogP contribution is -1.90. The molecule has 0 fully saturated rings. The molecule has 1 N–H and O–H groups in total. The Kier molecular flexibility index (Phi) is 6.76. The summed E-state index contributed by atoms with van der Waals surface area (Å²) in [6.07, 6.45) is 5.71. The van der Waals surface area contributed by atoms with Crippen molar-refractivity contribution < 1.29 is 0 Å². The highest BCUT2D eigenvalue weighted by Gasteiger charge is 1.97. The third kappa shape index (κ3) is 5.89. The molecule has 0 saturated heterocycles. The Morgan fingerprint density at radius 2 is 2.29 bits per heavy atom. The summed E-state index contributed by atoms with van der Waals surface area (Å²) in [7, 11) is 0. The van der Waals surface area contributed by atoms with Crippen LogP contribution in [0.1, 0.15) is 37.4 Å². The number of thioether (sulfide) groups is 1. The standard InChI is InChI=1S/C16H21N3S2/c1-3-4-5-9-20-15-8-6-7-14(10-15)11-17-19-16-18-13(2)12-21-16/h6-8,10-12H,3-5,9H2,1-2H3,(H,18,19). The number of rotatable bonds is 8. The maximum Gasteiger partial charge on any atom is 0.203 e. The van der Waals surface area contributed by atoms with Gasteiger partial charge in [0, 0.05) is 10.3 Å². The molecule has 1 heterocycles. The Morgan fingerprint density at radius 3 is 3.05 bits per heavy atom. The lowest BCUT2D eigenvalue weighted by atomic mass is 10.2. The van der Waals surface area contributed by atoms with Crippen LogP contribution in [-0.2, 0) is 0 Å². The number of hydrogen-bond acceptors (Lipinski definition) is 5. The summed E-state index contributed by atoms with van der Waals surface area (Å²) in [6.45, 7) is 4.21. The third-order valence-corrected chi connectivity index (χ3v) is 4.81. The molecule has 1 aromatic heterocycles. The number of benzene rings is 1. The lowest BCUT2D eigenvalue weighted by Gasteiger charge is -2.02. The molecular weight excluding hydrogens is 298 g/mol. The Labute approximate surface area is 134 Å². The average molecular weight is 319 g/mol. The first-order valence-electron chi connectivity index (χ1n) is 7.22. The van der Waals surface area contributed by atoms with Crippen LogP contribution in [0.3, 0.4) is 0 Å². The zero-order valence-corrected chi connectivity index (χ0v) is 14.1. The number of nitrogens with one attached hydrogen (secondary N) is 1. The molecule has 0 saturated carbocycles. The highest BCUT2D eigenvalue weighted by Crippen LogP contribution is 2.20. The van der Waals surface area contributed by atoms with E-state index in [-0.39, 0.29) is 0 Å². The van der Waals surface area contributed by atoms with Gasteiger partial charge in [-0.3, -0.25) is 5.43 Å². The first-order chi connectivity index (χ1) is 10.3. The van der Waals surface area contributed by atoms with Crippen LogP contribution in [0.15, 0.2) is 39.6 Å². The number of nitrogens with zero attached hydrogens (tertiary/aromatic N) is 2. The van der Waals surface area contributed by atoms with Gasteiger partial charge in [-0.25, -0.2) is 4.98 Å². The van der Waals surface area contributed by atoms with Crippen molar-refractivity contribution in [2.45, 2.75) is 38.0 Å². The normalized spacial score (nSPS) is 11.1. The Hall–Kier alpha value is -1.33. The predicted octanol–water partition coefficient (Wildman–Crippen LogP) is 5.18. The fourth-order valence-electron chi connectivity index (χ4n) is 1.79. The summed E-state index contributed by atoms with van der Waals surface area (Å²) in [4.78, 5) is 5.61. The first kappa shape index (κ1) is 16.0. The van der Waals surface area contributed by atoms with Gasteiger partial charge in [0.2, 0.25) is 5.13 Å². The van der Waals surface area contributed by atoms with Gasteiger partial charge in [0.25, 0.3) is 0 Å². The number of anilines is 1. The summed E-state index contributed by atoms with van der Waals surface area (Å²) in [6, 6.07) is 8.48. The van der Waals surface area contributed by atoms with Gasteiger partial charge in [0.05, 0.1) is 11.9 Å². The molecule has 112 valence electrons. The maximum absolute atomic E-state index is 4.31. The molecule has 21 heavy (non-hydrogen) atoms. The maximum atomic E-state index is 4.31. The van der Waals surface area contributed by atoms with Crippen LogP contribution in [0.4, 0.5) is 5.13 Å². The Morgan fingerprint density at radius 1 is 1.38 bits per heavy atom. The quantitative estimate of drug-likeness (QED) is 0.315. The fraction of sp³-hybridized carbons (Fsp3) is 0.375. The number of unbranched alkanes of at least 4 members (excludes halogenated alkanes) is 2. The second-order valence-corrected chi connectivity index (χ2v) is 6.82. The van der Waals surface area contributed by atoms with Gasteiger partial charge in [0.15, 0.2) is 0 Å². The first-order valence-corrected chi connectivity index (χ1v) is 9.08. The Bertz CT molecular complexity index is 578. The minimum atomic E-state index is 0.828. The van der Waals surface area contributed by atoms with Crippen molar-refractivity contribution in [3.63, 3.8) is 0 Å². The number of aromatic nitrogens is 1. The van der Waals surface area contributed by atoms with E-state index in [1.807, 2.05) is 30.3 Å². The molecule has 0 bridgehead atoms. The van der Waals surface area contributed by atoms with Gasteiger partial charge in [-0.15, -0.1) is 23.1 Å². The van der Waals surface area contributed by atoms with Crippen molar-refractivity contribution in [3.05, 3.63) is 40.9 Å². The molecule has 0 radical (unpaired) electrons. The SMILES string of the molecule is CCCCCSc1cccc(C=NNc2nc(C)cs2)c1. The summed E-state index contributed by atoms with van der Waals surface area (Å²) in [5.74, 6) is 1.19. The largest absolute Gasteiger partial charge is 0.253 e. The second-order valence-electron chi connectivity index (χ2n) is 4.79. The van der Waals surface area contributed by atoms with Crippen LogP contribution in [0.2, 0.25) is 0 Å². The van der Waals surface area contributed by atoms with E-state index < -0.39 is 0 Å². The van der Waals surface area contributed by atoms with E-state index in [4.69, 9.17) is 0 Å². The molecule has 0 atom stereocenters. The van der Waals surface area contributed by atoms with E-state index in [9.17, 15) is 0 Å². The van der Waals surface area contributed by atoms with E-state index in [1.165, 1.54) is 29.9 Å². The van der Waals surface area contributed by atoms with Crippen LogP contribution >= 0.6 is 23.1 Å². The van der Waals surface area contributed by atoms with Crippen molar-refractivity contribution in [3.8, 4) is 0 Å². The highest BCUT2D eigenvalue weighted by atomic mass is 32.2. The summed E-state index contributed by atoms with van der Waals surface area (Å²) < 4.78 is 0. The monoisotopic (exact) mass is 319 g/mol. The van der Waals surface area contributed by atoms with E-state index in [1.54, 1.807) is 11.3 Å². The molecule has 2 rings (SSSR count). The van der Waals surface area contributed by atoms with Gasteiger partial charge in [0.1, 0.15) is 0 Å². The fourth-order valence-corrected chi connectivity index (χ4v) is 3.41. The van der Waals surface area contributed by atoms with Crippen molar-refractivity contribution in [2.24, 2.45) is 5.10 Å². The molecule has 3 nitrogen and oxygen atoms in total. The topological polar surface area (TPSA) is 37.3 Å². The van der Waals surface area contributed by atoms with Gasteiger partial charge in [-0.05, 0) is 36.8 Å². The molecule has 1 aromatic carbocycles. The predicted molar refractivity (Wildman–Crippen MR) is 94.8 cm³/mol. The number of hydrogen-bond donors (Lipinski definition) is 1. The van der Waals surface area contributed by atoms with E-state index in [0.29, 0.717) is 0 Å². The van der Waals surface area contributed by atoms with Crippen molar-refractivity contribution >= 4 is 34.4 Å². The minimum absolute atomic E-state index is 0.828. The van der Waals surface area contributed by atoms with Gasteiger partial charge < -0.3 is 0 Å². The van der Waals surface area contributed by atoms with Crippen molar-refractivity contribution in [1.82, 2.24) is 4.98 Å². The molecule has 0 aliphatic carbocycles. The van der Waals surface area contributed by atoms with Gasteiger partial charge in [-0.1, -0.05) is 31.9 Å². The Balaban J connectivity index is 1.85. The average Bonchev–Trinajstić information content (AvgIpc) is 2.90. The number of thiazole rings is 1. The van der Waals surface area contributed by atoms with Gasteiger partial charge in [-0.2, -0.15) is 5.10 Å². The minimum Gasteiger partial charge on any atom is -0.253 e. The van der Waals surface area contributed by atoms with Crippen LogP contribution in [0.5, 0.6) is 0 Å². The number of aryl methyl sites for hydroxylation is 1. The van der Waals surface area contributed by atoms with Crippen molar-refractivity contribution in [1.29, 1.82) is 0 Å². The number of hydrazone groups is 1. The third-order valence-electron chi connectivity index (χ3n) is 2.87. The highest BCUT2D eigenvalue weighted by molar-refractivity contribution is 7.99. The molecule has 0 aliphatic rings. The van der Waals surface area contributed by atoms with Gasteiger partial charge >= 0.3 is 0 Å². The lowest BCUT2D eigenvalue weighted by molar-refractivity contribution is 0.778. The van der Waals surface area contributed by atoms with Crippen LogP contribution in [0, 0.1) is 6.92 Å². The van der Waals surface area contributed by atoms with Crippen LogP contribution < -0.4 is 5.43 Å². The molecular formula is C16H21N3S2. The molecule has 0 aliphatic heterocycles. The zero-order valence-electron chi connectivity index (χ0n) is 12.5. The van der Waals surface area contributed by atoms with Crippen LogP contribution in [0.25, 0.3) is 0 Å². The molecule has 2 aromatic rings. The van der Waals surface area contributed by atoms with E-state index in [0.717, 1.165) is 16.4 Å². The summed E-state index contributed by atoms with van der Waals surface area (Å²) >= 11 is 3.48. The van der Waals surface area contributed by atoms with Crippen molar-refractivity contribution in [2.75, 3.05) is 11.2 Å².